The molecule has 0 aromatic heterocycles. The highest BCUT2D eigenvalue weighted by atomic mass is 16.5. The Labute approximate surface area is 56.2 Å². The Hall–Kier alpha value is -0.370. The van der Waals surface area contributed by atoms with Crippen molar-refractivity contribution in [3.8, 4) is 0 Å². The zero-order chi connectivity index (χ0) is 7.11. The number of unbranched alkanes of at least 4 members (excludes halogenated alkanes) is 1. The number of hydrogen-bond donors (Lipinski definition) is 0. The largest absolute Gasteiger partial charge is 0.379 e. The fourth-order valence-corrected chi connectivity index (χ4v) is 0.486. The van der Waals surface area contributed by atoms with Gasteiger partial charge in [0.15, 0.2) is 0 Å². The number of hydrogen-bond acceptors (Lipinski definition) is 2. The maximum atomic E-state index is 9.79. The molecule has 0 bridgehead atoms. The Kier molecular flexibility index (Phi) is 5.52. The summed E-state index contributed by atoms with van der Waals surface area (Å²) in [6.45, 7) is 4.68. The molecule has 0 spiro atoms. The second kappa shape index (κ2) is 5.76. The van der Waals surface area contributed by atoms with E-state index in [9.17, 15) is 4.79 Å². The van der Waals surface area contributed by atoms with E-state index in [4.69, 9.17) is 4.74 Å². The minimum atomic E-state index is 0.289. The van der Waals surface area contributed by atoms with Crippen molar-refractivity contribution in [3.63, 3.8) is 0 Å². The normalized spacial score (nSPS) is 10.1. The molecule has 0 aliphatic rings. The quantitative estimate of drug-likeness (QED) is 0.415. The maximum Gasteiger partial charge on any atom is 0.120 e. The fraction of sp³-hybridized carbons (Fsp3) is 0.857. The lowest BCUT2D eigenvalue weighted by atomic mass is 10.3. The molecule has 0 heterocycles. The molecule has 0 aromatic rings. The van der Waals surface area contributed by atoms with Crippen LogP contribution in [0, 0.1) is 0 Å². The number of carbonyl (C=O) groups excluding carboxylic acids is 1. The minimum absolute atomic E-state index is 0.289. The Bertz CT molecular complexity index is 69.3. The molecule has 0 atom stereocenters. The number of aldehydes is 1. The van der Waals surface area contributed by atoms with Crippen molar-refractivity contribution in [2.75, 3.05) is 6.61 Å². The van der Waals surface area contributed by atoms with Crippen molar-refractivity contribution in [2.45, 2.75) is 32.8 Å². The lowest BCUT2D eigenvalue weighted by molar-refractivity contribution is -0.108. The van der Waals surface area contributed by atoms with Crippen molar-refractivity contribution in [2.24, 2.45) is 0 Å². The molecule has 9 heavy (non-hydrogen) atoms. The van der Waals surface area contributed by atoms with Crippen LogP contribution in [0.4, 0.5) is 0 Å². The Morgan fingerprint density at radius 2 is 2.22 bits per heavy atom. The van der Waals surface area contributed by atoms with Gasteiger partial charge in [-0.1, -0.05) is 0 Å². The van der Waals surface area contributed by atoms with Gasteiger partial charge >= 0.3 is 0 Å². The van der Waals surface area contributed by atoms with Crippen LogP contribution < -0.4 is 0 Å². The van der Waals surface area contributed by atoms with Gasteiger partial charge in [0.1, 0.15) is 6.29 Å². The van der Waals surface area contributed by atoms with E-state index < -0.39 is 0 Å². The molecule has 0 rings (SSSR count). The molecule has 0 unspecified atom stereocenters. The van der Waals surface area contributed by atoms with Crippen molar-refractivity contribution >= 4 is 6.29 Å². The van der Waals surface area contributed by atoms with Gasteiger partial charge in [-0.15, -0.1) is 0 Å². The van der Waals surface area contributed by atoms with Crippen LogP contribution >= 0.6 is 0 Å². The molecule has 0 aliphatic carbocycles. The SMILES string of the molecule is CC(C)OCCCC=O. The molecular formula is C7H14O2. The summed E-state index contributed by atoms with van der Waals surface area (Å²) in [5.41, 5.74) is 0. The lowest BCUT2D eigenvalue weighted by Crippen LogP contribution is -2.03. The van der Waals surface area contributed by atoms with Crippen molar-refractivity contribution in [1.29, 1.82) is 0 Å². The highest BCUT2D eigenvalue weighted by Crippen LogP contribution is 1.91. The van der Waals surface area contributed by atoms with Crippen LogP contribution in [0.2, 0.25) is 0 Å². The summed E-state index contributed by atoms with van der Waals surface area (Å²) in [6, 6.07) is 0. The Morgan fingerprint density at radius 1 is 1.56 bits per heavy atom. The van der Waals surface area contributed by atoms with Crippen LogP contribution in [-0.2, 0) is 9.53 Å². The van der Waals surface area contributed by atoms with Gasteiger partial charge in [0, 0.05) is 13.0 Å². The van der Waals surface area contributed by atoms with E-state index in [2.05, 4.69) is 0 Å². The molecule has 0 saturated carbocycles. The van der Waals surface area contributed by atoms with Gasteiger partial charge in [0.2, 0.25) is 0 Å². The van der Waals surface area contributed by atoms with Gasteiger partial charge in [-0.3, -0.25) is 0 Å². The molecular weight excluding hydrogens is 116 g/mol. The highest BCUT2D eigenvalue weighted by molar-refractivity contribution is 5.48. The average Bonchev–Trinajstić information content (AvgIpc) is 1.80. The van der Waals surface area contributed by atoms with Gasteiger partial charge in [0.05, 0.1) is 6.10 Å². The summed E-state index contributed by atoms with van der Waals surface area (Å²) < 4.78 is 5.18. The van der Waals surface area contributed by atoms with Gasteiger partial charge in [-0.25, -0.2) is 0 Å². The molecule has 0 amide bonds. The molecule has 0 radical (unpaired) electrons. The van der Waals surface area contributed by atoms with Crippen LogP contribution in [0.15, 0.2) is 0 Å². The molecule has 2 heteroatoms. The first kappa shape index (κ1) is 8.63. The van der Waals surface area contributed by atoms with Gasteiger partial charge in [0.25, 0.3) is 0 Å². The predicted molar refractivity (Wildman–Crippen MR) is 36.4 cm³/mol. The molecule has 54 valence electrons. The van der Waals surface area contributed by atoms with E-state index in [0.29, 0.717) is 13.0 Å². The number of carbonyl (C=O) groups is 1. The first-order chi connectivity index (χ1) is 4.27. The van der Waals surface area contributed by atoms with Gasteiger partial charge in [-0.2, -0.15) is 0 Å². The average molecular weight is 130 g/mol. The van der Waals surface area contributed by atoms with Crippen LogP contribution in [0.1, 0.15) is 26.7 Å². The molecule has 2 nitrogen and oxygen atoms in total. The molecule has 0 N–H and O–H groups in total. The summed E-state index contributed by atoms with van der Waals surface area (Å²) in [5.74, 6) is 0. The summed E-state index contributed by atoms with van der Waals surface area (Å²) in [6.07, 6.45) is 2.68. The monoisotopic (exact) mass is 130 g/mol. The summed E-state index contributed by atoms with van der Waals surface area (Å²) in [5, 5.41) is 0. The lowest BCUT2D eigenvalue weighted by Gasteiger charge is -2.04. The summed E-state index contributed by atoms with van der Waals surface area (Å²) in [4.78, 5) is 9.79. The molecule has 0 aromatic carbocycles. The Balaban J connectivity index is 2.82. The van der Waals surface area contributed by atoms with Gasteiger partial charge < -0.3 is 9.53 Å². The van der Waals surface area contributed by atoms with Crippen LogP contribution in [-0.4, -0.2) is 19.0 Å². The van der Waals surface area contributed by atoms with Gasteiger partial charge in [-0.05, 0) is 20.3 Å². The van der Waals surface area contributed by atoms with Crippen molar-refractivity contribution in [1.82, 2.24) is 0 Å². The smallest absolute Gasteiger partial charge is 0.120 e. The van der Waals surface area contributed by atoms with Crippen molar-refractivity contribution < 1.29 is 9.53 Å². The highest BCUT2D eigenvalue weighted by Gasteiger charge is 1.90. The third kappa shape index (κ3) is 7.63. The first-order valence-electron chi connectivity index (χ1n) is 3.32. The number of rotatable bonds is 5. The third-order valence-corrected chi connectivity index (χ3v) is 0.917. The van der Waals surface area contributed by atoms with E-state index in [0.717, 1.165) is 12.7 Å². The molecule has 0 saturated heterocycles. The molecule has 0 fully saturated rings. The van der Waals surface area contributed by atoms with E-state index in [1.54, 1.807) is 0 Å². The second-order valence-electron chi connectivity index (χ2n) is 2.23. The van der Waals surface area contributed by atoms with E-state index in [-0.39, 0.29) is 6.10 Å². The zero-order valence-electron chi connectivity index (χ0n) is 6.09. The Morgan fingerprint density at radius 3 is 2.67 bits per heavy atom. The van der Waals surface area contributed by atoms with Crippen LogP contribution in [0.25, 0.3) is 0 Å². The molecule has 0 aliphatic heterocycles. The maximum absolute atomic E-state index is 9.79. The number of ether oxygens (including phenoxy) is 1. The second-order valence-corrected chi connectivity index (χ2v) is 2.23. The summed E-state index contributed by atoms with van der Waals surface area (Å²) >= 11 is 0. The van der Waals surface area contributed by atoms with Crippen LogP contribution in [0.3, 0.4) is 0 Å². The van der Waals surface area contributed by atoms with Crippen molar-refractivity contribution in [3.05, 3.63) is 0 Å². The van der Waals surface area contributed by atoms with E-state index in [1.807, 2.05) is 13.8 Å². The fourth-order valence-electron chi connectivity index (χ4n) is 0.486. The van der Waals surface area contributed by atoms with E-state index >= 15 is 0 Å². The first-order valence-corrected chi connectivity index (χ1v) is 3.32. The van der Waals surface area contributed by atoms with Crippen LogP contribution in [0.5, 0.6) is 0 Å². The zero-order valence-corrected chi connectivity index (χ0v) is 6.09. The van der Waals surface area contributed by atoms with E-state index in [1.165, 1.54) is 0 Å². The predicted octanol–water partition coefficient (Wildman–Crippen LogP) is 1.39. The topological polar surface area (TPSA) is 26.3 Å². The standard InChI is InChI=1S/C7H14O2/c1-7(2)9-6-4-3-5-8/h5,7H,3-4,6H2,1-2H3. The summed E-state index contributed by atoms with van der Waals surface area (Å²) in [7, 11) is 0. The minimum Gasteiger partial charge on any atom is -0.379 e. The third-order valence-electron chi connectivity index (χ3n) is 0.917.